The van der Waals surface area contributed by atoms with Crippen molar-refractivity contribution in [2.45, 2.75) is 38.3 Å². The molecule has 164 valence electrons. The normalized spacial score (nSPS) is 15.1. The van der Waals surface area contributed by atoms with Crippen molar-refractivity contribution in [3.8, 4) is 0 Å². The van der Waals surface area contributed by atoms with Crippen LogP contribution in [-0.4, -0.2) is 38.1 Å². The number of hydrogen-bond acceptors (Lipinski definition) is 9. The SMILES string of the molecule is CC(C)(O)c1ccc(N(N)c2nc(Nc3cnn(C4CCOCC4)c3)ncc2N)cc1. The van der Waals surface area contributed by atoms with Gasteiger partial charge in [-0.25, -0.2) is 10.8 Å². The molecule has 6 N–H and O–H groups in total. The number of aliphatic hydroxyl groups is 1. The summed E-state index contributed by atoms with van der Waals surface area (Å²) in [6.07, 6.45) is 7.07. The zero-order valence-corrected chi connectivity index (χ0v) is 17.7. The highest BCUT2D eigenvalue weighted by Gasteiger charge is 2.19. The van der Waals surface area contributed by atoms with E-state index in [4.69, 9.17) is 16.3 Å². The van der Waals surface area contributed by atoms with E-state index in [9.17, 15) is 5.11 Å². The van der Waals surface area contributed by atoms with Gasteiger partial charge >= 0.3 is 0 Å². The predicted molar refractivity (Wildman–Crippen MR) is 119 cm³/mol. The van der Waals surface area contributed by atoms with Crippen LogP contribution in [0.1, 0.15) is 38.3 Å². The Balaban J connectivity index is 1.51. The number of nitrogens with two attached hydrogens (primary N) is 2. The molecule has 0 spiro atoms. The Morgan fingerprint density at radius 2 is 1.90 bits per heavy atom. The summed E-state index contributed by atoms with van der Waals surface area (Å²) < 4.78 is 7.36. The summed E-state index contributed by atoms with van der Waals surface area (Å²) in [5.74, 6) is 7.01. The summed E-state index contributed by atoms with van der Waals surface area (Å²) in [5.41, 5.74) is 7.73. The largest absolute Gasteiger partial charge is 0.394 e. The second-order valence-corrected chi connectivity index (χ2v) is 8.13. The number of nitrogens with one attached hydrogen (secondary N) is 1. The number of rotatable bonds is 6. The van der Waals surface area contributed by atoms with Crippen molar-refractivity contribution in [3.05, 3.63) is 48.4 Å². The lowest BCUT2D eigenvalue weighted by molar-refractivity contribution is 0.0662. The quantitative estimate of drug-likeness (QED) is 0.347. The van der Waals surface area contributed by atoms with Crippen molar-refractivity contribution in [1.82, 2.24) is 19.7 Å². The first-order valence-electron chi connectivity index (χ1n) is 10.2. The maximum absolute atomic E-state index is 10.1. The standard InChI is InChI=1S/C21H28N8O2/c1-21(2,30)14-3-5-17(6-4-14)29(23)19-18(22)12-24-20(27-19)26-15-11-25-28(13-15)16-7-9-31-10-8-16/h3-6,11-13,16,30H,7-10,22-23H2,1-2H3,(H,24,26,27). The van der Waals surface area contributed by atoms with Crippen LogP contribution in [0.15, 0.2) is 42.9 Å². The van der Waals surface area contributed by atoms with Gasteiger partial charge in [-0.15, -0.1) is 0 Å². The molecule has 3 aromatic rings. The number of ether oxygens (including phenoxy) is 1. The molecule has 0 atom stereocenters. The third kappa shape index (κ3) is 4.76. The van der Waals surface area contributed by atoms with Crippen LogP contribution >= 0.6 is 0 Å². The Kier molecular flexibility index (Phi) is 5.77. The van der Waals surface area contributed by atoms with E-state index in [1.165, 1.54) is 11.2 Å². The van der Waals surface area contributed by atoms with Crippen LogP contribution in [0.3, 0.4) is 0 Å². The van der Waals surface area contributed by atoms with Crippen LogP contribution in [0.5, 0.6) is 0 Å². The average molecular weight is 425 g/mol. The van der Waals surface area contributed by atoms with Gasteiger partial charge in [-0.3, -0.25) is 9.69 Å². The van der Waals surface area contributed by atoms with Gasteiger partial charge in [0.25, 0.3) is 0 Å². The maximum Gasteiger partial charge on any atom is 0.229 e. The molecule has 1 aromatic carbocycles. The Morgan fingerprint density at radius 3 is 2.58 bits per heavy atom. The molecule has 31 heavy (non-hydrogen) atoms. The summed E-state index contributed by atoms with van der Waals surface area (Å²) in [6, 6.07) is 7.57. The van der Waals surface area contributed by atoms with E-state index in [1.54, 1.807) is 32.2 Å². The lowest BCUT2D eigenvalue weighted by Crippen LogP contribution is -2.27. The summed E-state index contributed by atoms with van der Waals surface area (Å²) >= 11 is 0. The molecule has 10 heteroatoms. The molecule has 0 saturated carbocycles. The van der Waals surface area contributed by atoms with Gasteiger partial charge in [0.05, 0.1) is 41.1 Å². The van der Waals surface area contributed by atoms with Crippen molar-refractivity contribution in [2.24, 2.45) is 5.84 Å². The zero-order chi connectivity index (χ0) is 22.0. The van der Waals surface area contributed by atoms with Gasteiger partial charge in [0, 0.05) is 19.4 Å². The lowest BCUT2D eigenvalue weighted by Gasteiger charge is -2.22. The van der Waals surface area contributed by atoms with Gasteiger partial charge in [-0.1, -0.05) is 12.1 Å². The van der Waals surface area contributed by atoms with Crippen LogP contribution in [-0.2, 0) is 10.3 Å². The van der Waals surface area contributed by atoms with Crippen molar-refractivity contribution >= 4 is 28.8 Å². The van der Waals surface area contributed by atoms with Gasteiger partial charge < -0.3 is 20.9 Å². The second-order valence-electron chi connectivity index (χ2n) is 8.13. The van der Waals surface area contributed by atoms with Crippen molar-refractivity contribution < 1.29 is 9.84 Å². The topological polar surface area (TPSA) is 140 Å². The van der Waals surface area contributed by atoms with Gasteiger partial charge in [0.2, 0.25) is 5.95 Å². The molecular formula is C21H28N8O2. The van der Waals surface area contributed by atoms with E-state index in [0.717, 1.165) is 37.3 Å². The Bertz CT molecular complexity index is 1020. The molecule has 0 unspecified atom stereocenters. The van der Waals surface area contributed by atoms with Crippen LogP contribution < -0.4 is 21.9 Å². The second kappa shape index (κ2) is 8.50. The highest BCUT2D eigenvalue weighted by atomic mass is 16.5. The lowest BCUT2D eigenvalue weighted by atomic mass is 9.98. The zero-order valence-electron chi connectivity index (χ0n) is 17.7. The number of aromatic nitrogens is 4. The molecule has 1 fully saturated rings. The van der Waals surface area contributed by atoms with Gasteiger partial charge in [0.15, 0.2) is 5.82 Å². The summed E-state index contributed by atoms with van der Waals surface area (Å²) in [4.78, 5) is 8.74. The summed E-state index contributed by atoms with van der Waals surface area (Å²) in [6.45, 7) is 4.96. The summed E-state index contributed by atoms with van der Waals surface area (Å²) in [7, 11) is 0. The van der Waals surface area contributed by atoms with Crippen LogP contribution in [0.2, 0.25) is 0 Å². The third-order valence-corrected chi connectivity index (χ3v) is 5.30. The fourth-order valence-electron chi connectivity index (χ4n) is 3.47. The Morgan fingerprint density at radius 1 is 1.19 bits per heavy atom. The predicted octanol–water partition coefficient (Wildman–Crippen LogP) is 2.59. The Labute approximate surface area is 180 Å². The fourth-order valence-corrected chi connectivity index (χ4v) is 3.47. The van der Waals surface area contributed by atoms with Gasteiger partial charge in [0.1, 0.15) is 0 Å². The first-order chi connectivity index (χ1) is 14.8. The first-order valence-corrected chi connectivity index (χ1v) is 10.2. The number of hydrogen-bond donors (Lipinski definition) is 4. The highest BCUT2D eigenvalue weighted by molar-refractivity contribution is 5.71. The number of benzene rings is 1. The van der Waals surface area contributed by atoms with Gasteiger partial charge in [-0.2, -0.15) is 10.1 Å². The summed E-state index contributed by atoms with van der Waals surface area (Å²) in [5, 5.41) is 19.1. The van der Waals surface area contributed by atoms with E-state index in [1.807, 2.05) is 23.0 Å². The van der Waals surface area contributed by atoms with Crippen molar-refractivity contribution in [3.63, 3.8) is 0 Å². The van der Waals surface area contributed by atoms with E-state index in [2.05, 4.69) is 20.4 Å². The minimum absolute atomic E-state index is 0.332. The molecule has 10 nitrogen and oxygen atoms in total. The van der Waals surface area contributed by atoms with Gasteiger partial charge in [-0.05, 0) is 44.4 Å². The fraction of sp³-hybridized carbons (Fsp3) is 0.381. The van der Waals surface area contributed by atoms with Crippen molar-refractivity contribution in [1.29, 1.82) is 0 Å². The Hall–Kier alpha value is -3.21. The molecule has 0 amide bonds. The van der Waals surface area contributed by atoms with Crippen LogP contribution in [0.4, 0.5) is 28.8 Å². The minimum atomic E-state index is -0.932. The average Bonchev–Trinajstić information content (AvgIpc) is 3.23. The number of anilines is 5. The van der Waals surface area contributed by atoms with Crippen molar-refractivity contribution in [2.75, 3.05) is 29.3 Å². The minimum Gasteiger partial charge on any atom is -0.394 e. The molecule has 1 aliphatic heterocycles. The molecule has 2 aromatic heterocycles. The van der Waals surface area contributed by atoms with Crippen LogP contribution in [0, 0.1) is 0 Å². The molecule has 0 bridgehead atoms. The molecule has 0 aliphatic carbocycles. The maximum atomic E-state index is 10.1. The van der Waals surface area contributed by atoms with E-state index in [-0.39, 0.29) is 0 Å². The molecule has 4 rings (SSSR count). The smallest absolute Gasteiger partial charge is 0.229 e. The monoisotopic (exact) mass is 424 g/mol. The number of nitrogen functional groups attached to an aromatic ring is 1. The molecule has 3 heterocycles. The number of hydrazine groups is 1. The molecular weight excluding hydrogens is 396 g/mol. The third-order valence-electron chi connectivity index (χ3n) is 5.30. The molecule has 1 saturated heterocycles. The molecule has 0 radical (unpaired) electrons. The molecule has 1 aliphatic rings. The van der Waals surface area contributed by atoms with E-state index in [0.29, 0.717) is 29.2 Å². The first kappa shape index (κ1) is 21.0. The number of nitrogens with zero attached hydrogens (tertiary/aromatic N) is 5. The van der Waals surface area contributed by atoms with E-state index < -0.39 is 5.60 Å². The van der Waals surface area contributed by atoms with Crippen LogP contribution in [0.25, 0.3) is 0 Å². The highest BCUT2D eigenvalue weighted by Crippen LogP contribution is 2.29. The van der Waals surface area contributed by atoms with E-state index >= 15 is 0 Å².